The van der Waals surface area contributed by atoms with Crippen LogP contribution in [0.25, 0.3) is 0 Å². The molecule has 0 aromatic carbocycles. The van der Waals surface area contributed by atoms with Gasteiger partial charge in [-0.1, -0.05) is 6.07 Å². The number of carboxylic acid groups (broad SMARTS) is 1. The molecule has 0 unspecified atom stereocenters. The Kier molecular flexibility index (Phi) is 1.46. The summed E-state index contributed by atoms with van der Waals surface area (Å²) >= 11 is 0. The van der Waals surface area contributed by atoms with Gasteiger partial charge in [-0.15, -0.1) is 0 Å². The number of anilines is 1. The Bertz CT molecular complexity index is 300. The number of fused-ring (bicyclic) bond motifs is 1. The SMILES string of the molecule is O=C(O)[C@H]1Cc2cccnc2N1. The van der Waals surface area contributed by atoms with E-state index in [4.69, 9.17) is 5.11 Å². The maximum Gasteiger partial charge on any atom is 0.326 e. The summed E-state index contributed by atoms with van der Waals surface area (Å²) in [6.45, 7) is 0. The lowest BCUT2D eigenvalue weighted by Crippen LogP contribution is -2.26. The zero-order valence-electron chi connectivity index (χ0n) is 6.32. The Morgan fingerprint density at radius 2 is 2.58 bits per heavy atom. The highest BCUT2D eigenvalue weighted by atomic mass is 16.4. The first kappa shape index (κ1) is 7.09. The van der Waals surface area contributed by atoms with E-state index in [0.717, 1.165) is 5.56 Å². The Morgan fingerprint density at radius 3 is 3.25 bits per heavy atom. The third-order valence-corrected chi connectivity index (χ3v) is 1.92. The van der Waals surface area contributed by atoms with Crippen molar-refractivity contribution in [2.75, 3.05) is 5.32 Å². The molecule has 62 valence electrons. The van der Waals surface area contributed by atoms with Crippen molar-refractivity contribution >= 4 is 11.8 Å². The number of aliphatic carboxylic acids is 1. The first-order valence-corrected chi connectivity index (χ1v) is 3.70. The molecule has 2 rings (SSSR count). The molecule has 1 aliphatic heterocycles. The van der Waals surface area contributed by atoms with E-state index in [1.54, 1.807) is 6.20 Å². The Morgan fingerprint density at radius 1 is 1.75 bits per heavy atom. The average Bonchev–Trinajstić information content (AvgIpc) is 2.46. The van der Waals surface area contributed by atoms with Crippen LogP contribution in [0.2, 0.25) is 0 Å². The van der Waals surface area contributed by atoms with Crippen LogP contribution in [0, 0.1) is 0 Å². The number of carbonyl (C=O) groups is 1. The fourth-order valence-electron chi connectivity index (χ4n) is 1.32. The number of aromatic nitrogens is 1. The molecule has 1 aromatic heterocycles. The molecule has 0 saturated heterocycles. The molecule has 12 heavy (non-hydrogen) atoms. The van der Waals surface area contributed by atoms with Gasteiger partial charge in [0, 0.05) is 12.6 Å². The number of rotatable bonds is 1. The van der Waals surface area contributed by atoms with Gasteiger partial charge in [-0.25, -0.2) is 9.78 Å². The van der Waals surface area contributed by atoms with Gasteiger partial charge in [-0.05, 0) is 11.6 Å². The number of nitrogens with one attached hydrogen (secondary N) is 1. The molecule has 0 spiro atoms. The molecular formula is C8H8N2O2. The fourth-order valence-corrected chi connectivity index (χ4v) is 1.32. The summed E-state index contributed by atoms with van der Waals surface area (Å²) in [6, 6.07) is 3.19. The molecule has 0 saturated carbocycles. The lowest BCUT2D eigenvalue weighted by molar-refractivity contribution is -0.137. The third-order valence-electron chi connectivity index (χ3n) is 1.92. The summed E-state index contributed by atoms with van der Waals surface area (Å²) in [5.74, 6) is -0.127. The molecule has 4 heteroatoms. The van der Waals surface area contributed by atoms with Gasteiger partial charge < -0.3 is 10.4 Å². The second-order valence-electron chi connectivity index (χ2n) is 2.75. The van der Waals surface area contributed by atoms with Crippen molar-refractivity contribution in [2.24, 2.45) is 0 Å². The summed E-state index contributed by atoms with van der Waals surface area (Å²) in [6.07, 6.45) is 2.18. The lowest BCUT2D eigenvalue weighted by atomic mass is 10.1. The van der Waals surface area contributed by atoms with Crippen molar-refractivity contribution in [1.82, 2.24) is 4.98 Å². The van der Waals surface area contributed by atoms with Crippen LogP contribution in [0.1, 0.15) is 5.56 Å². The normalized spacial score (nSPS) is 19.8. The molecule has 1 aliphatic rings. The van der Waals surface area contributed by atoms with Gasteiger partial charge in [0.15, 0.2) is 0 Å². The van der Waals surface area contributed by atoms with E-state index in [2.05, 4.69) is 10.3 Å². The predicted octanol–water partition coefficient (Wildman–Crippen LogP) is 0.503. The van der Waals surface area contributed by atoms with Crippen molar-refractivity contribution in [2.45, 2.75) is 12.5 Å². The summed E-state index contributed by atoms with van der Waals surface area (Å²) < 4.78 is 0. The monoisotopic (exact) mass is 164 g/mol. The molecule has 0 radical (unpaired) electrons. The van der Waals surface area contributed by atoms with Crippen molar-refractivity contribution in [3.8, 4) is 0 Å². The zero-order valence-corrected chi connectivity index (χ0v) is 6.32. The summed E-state index contributed by atoms with van der Waals surface area (Å²) in [7, 11) is 0. The zero-order chi connectivity index (χ0) is 8.55. The van der Waals surface area contributed by atoms with Crippen molar-refractivity contribution in [3.63, 3.8) is 0 Å². The van der Waals surface area contributed by atoms with E-state index >= 15 is 0 Å². The molecule has 2 heterocycles. The minimum atomic E-state index is -0.826. The highest BCUT2D eigenvalue weighted by molar-refractivity contribution is 5.80. The van der Waals surface area contributed by atoms with E-state index in [-0.39, 0.29) is 0 Å². The highest BCUT2D eigenvalue weighted by Crippen LogP contribution is 2.22. The van der Waals surface area contributed by atoms with Crippen LogP contribution in [0.15, 0.2) is 18.3 Å². The lowest BCUT2D eigenvalue weighted by Gasteiger charge is -2.02. The largest absolute Gasteiger partial charge is 0.480 e. The van der Waals surface area contributed by atoms with Gasteiger partial charge in [-0.3, -0.25) is 0 Å². The standard InChI is InChI=1S/C8H8N2O2/c11-8(12)6-4-5-2-1-3-9-7(5)10-6/h1-3,6H,4H2,(H,9,10)(H,11,12)/t6-/m1/s1. The summed E-state index contributed by atoms with van der Waals surface area (Å²) in [5.41, 5.74) is 0.977. The van der Waals surface area contributed by atoms with E-state index in [1.165, 1.54) is 0 Å². The average molecular weight is 164 g/mol. The maximum absolute atomic E-state index is 10.6. The number of pyridine rings is 1. The second kappa shape index (κ2) is 2.48. The van der Waals surface area contributed by atoms with Crippen LogP contribution < -0.4 is 5.32 Å². The predicted molar refractivity (Wildman–Crippen MR) is 43.0 cm³/mol. The smallest absolute Gasteiger partial charge is 0.326 e. The van der Waals surface area contributed by atoms with Gasteiger partial charge in [0.05, 0.1) is 0 Å². The summed E-state index contributed by atoms with van der Waals surface area (Å²) in [4.78, 5) is 14.6. The van der Waals surface area contributed by atoms with Crippen LogP contribution in [-0.4, -0.2) is 22.1 Å². The topological polar surface area (TPSA) is 62.2 Å². The van der Waals surface area contributed by atoms with Crippen LogP contribution in [-0.2, 0) is 11.2 Å². The number of nitrogens with zero attached hydrogens (tertiary/aromatic N) is 1. The van der Waals surface area contributed by atoms with Crippen LogP contribution in [0.4, 0.5) is 5.82 Å². The van der Waals surface area contributed by atoms with E-state index in [0.29, 0.717) is 12.2 Å². The number of hydrogen-bond acceptors (Lipinski definition) is 3. The number of carboxylic acids is 1. The first-order valence-electron chi connectivity index (χ1n) is 3.70. The maximum atomic E-state index is 10.6. The van der Waals surface area contributed by atoms with Crippen LogP contribution in [0.3, 0.4) is 0 Å². The Hall–Kier alpha value is -1.58. The Balaban J connectivity index is 2.27. The summed E-state index contributed by atoms with van der Waals surface area (Å²) in [5, 5.41) is 11.5. The quantitative estimate of drug-likeness (QED) is 0.634. The second-order valence-corrected chi connectivity index (χ2v) is 2.75. The molecule has 1 aromatic rings. The van der Waals surface area contributed by atoms with E-state index in [1.807, 2.05) is 12.1 Å². The Labute approximate surface area is 69.2 Å². The molecule has 1 atom stereocenters. The molecule has 0 bridgehead atoms. The molecule has 0 aliphatic carbocycles. The minimum absolute atomic E-state index is 0.505. The van der Waals surface area contributed by atoms with Gasteiger partial charge in [0.25, 0.3) is 0 Å². The molecule has 4 nitrogen and oxygen atoms in total. The van der Waals surface area contributed by atoms with Crippen LogP contribution >= 0.6 is 0 Å². The van der Waals surface area contributed by atoms with Gasteiger partial charge in [-0.2, -0.15) is 0 Å². The minimum Gasteiger partial charge on any atom is -0.480 e. The van der Waals surface area contributed by atoms with E-state index in [9.17, 15) is 4.79 Å². The number of hydrogen-bond donors (Lipinski definition) is 2. The fraction of sp³-hybridized carbons (Fsp3) is 0.250. The molecular weight excluding hydrogens is 156 g/mol. The van der Waals surface area contributed by atoms with Crippen molar-refractivity contribution in [3.05, 3.63) is 23.9 Å². The van der Waals surface area contributed by atoms with Gasteiger partial charge in [0.2, 0.25) is 0 Å². The van der Waals surface area contributed by atoms with Gasteiger partial charge >= 0.3 is 5.97 Å². The molecule has 2 N–H and O–H groups in total. The molecule has 0 amide bonds. The molecule has 0 fully saturated rings. The van der Waals surface area contributed by atoms with E-state index < -0.39 is 12.0 Å². The van der Waals surface area contributed by atoms with Crippen molar-refractivity contribution < 1.29 is 9.90 Å². The highest BCUT2D eigenvalue weighted by Gasteiger charge is 2.26. The van der Waals surface area contributed by atoms with Crippen molar-refractivity contribution in [1.29, 1.82) is 0 Å². The third kappa shape index (κ3) is 1.01. The first-order chi connectivity index (χ1) is 5.77. The van der Waals surface area contributed by atoms with Gasteiger partial charge in [0.1, 0.15) is 11.9 Å². The van der Waals surface area contributed by atoms with Crippen LogP contribution in [0.5, 0.6) is 0 Å².